The van der Waals surface area contributed by atoms with Crippen LogP contribution in [0.3, 0.4) is 0 Å². The summed E-state index contributed by atoms with van der Waals surface area (Å²) in [5, 5.41) is 0. The molecule has 0 bridgehead atoms. The van der Waals surface area contributed by atoms with Crippen LogP contribution in [-0.4, -0.2) is 95.7 Å². The van der Waals surface area contributed by atoms with Crippen LogP contribution in [0.4, 0.5) is 11.6 Å². The first-order chi connectivity index (χ1) is 34.8. The fourth-order valence-electron chi connectivity index (χ4n) is 6.70. The summed E-state index contributed by atoms with van der Waals surface area (Å²) in [6.07, 6.45) is 9.90. The van der Waals surface area contributed by atoms with Gasteiger partial charge in [-0.1, -0.05) is 24.3 Å². The molecule has 4 N–H and O–H groups in total. The first-order valence-electron chi connectivity index (χ1n) is 22.6. The molecule has 4 aromatic carbocycles. The molecule has 8 rings (SSSR count). The molecule has 0 fully saturated rings. The summed E-state index contributed by atoms with van der Waals surface area (Å²) in [5.74, 6) is 5.46. The lowest BCUT2D eigenvalue weighted by atomic mass is 10.1. The van der Waals surface area contributed by atoms with Gasteiger partial charge in [-0.2, -0.15) is 0 Å². The molecule has 8 aromatic rings. The third-order valence-electron chi connectivity index (χ3n) is 10.6. The quantitative estimate of drug-likeness (QED) is 0.103. The molecular weight excluding hydrogens is 917 g/mol. The molecule has 0 amide bonds. The summed E-state index contributed by atoms with van der Waals surface area (Å²) >= 11 is 0. The third-order valence-corrected chi connectivity index (χ3v) is 10.6. The molecule has 18 nitrogen and oxygen atoms in total. The number of benzene rings is 4. The number of methoxy groups -OCH3 is 6. The lowest BCUT2D eigenvalue weighted by molar-refractivity contribution is 0.325. The summed E-state index contributed by atoms with van der Waals surface area (Å²) in [7, 11) is 9.65. The number of nitrogens with zero attached hydrogens (tertiary/aromatic N) is 8. The summed E-state index contributed by atoms with van der Waals surface area (Å²) in [6.45, 7) is 12.9. The van der Waals surface area contributed by atoms with Crippen LogP contribution in [-0.2, 0) is 0 Å². The average molecular weight is 979 g/mol. The van der Waals surface area contributed by atoms with E-state index in [1.54, 1.807) is 72.7 Å². The number of nitrogens with two attached hydrogens (primary N) is 2. The number of nitrogen functional groups attached to an aromatic ring is 2. The highest BCUT2D eigenvalue weighted by atomic mass is 16.5. The molecule has 72 heavy (non-hydrogen) atoms. The zero-order valence-electron chi connectivity index (χ0n) is 42.8. The average Bonchev–Trinajstić information content (AvgIpc) is 3.41. The second kappa shape index (κ2) is 26.8. The van der Waals surface area contributed by atoms with Crippen molar-refractivity contribution in [1.29, 1.82) is 0 Å². The van der Waals surface area contributed by atoms with E-state index in [0.29, 0.717) is 53.9 Å². The Hall–Kier alpha value is -8.80. The standard InChI is InChI=1S/C14H17N3O2.C14H16N2O2.C13H15N3O2.C13H14N2O2/c1-4-19-14-13(15)16-8-12(17-14)11-7-10(18-3)6-5-9(11)2;1-4-18-14-9-15-8-13(16-14)12-7-11(17-3)6-5-10(12)2;1-8-4-5-9(17-2)6-10(8)11-7-15-12(14)13(16-11)18-3;1-9-4-5-10(16-2)6-11(9)12-7-14-8-13(15-12)17-3/h5-8H,4H2,1-3H3,(H2,15,16);5-9H,4H2,1-3H3;4-7H,1-3H3,(H2,14,15);4-8H,1-3H3. The summed E-state index contributed by atoms with van der Waals surface area (Å²) in [6, 6.07) is 23.3. The molecule has 0 aliphatic rings. The van der Waals surface area contributed by atoms with Gasteiger partial charge in [0.2, 0.25) is 11.8 Å². The largest absolute Gasteiger partial charge is 0.497 e. The maximum Gasteiger partial charge on any atom is 0.257 e. The van der Waals surface area contributed by atoms with Gasteiger partial charge < -0.3 is 49.4 Å². The maximum absolute atomic E-state index is 5.72. The Labute approximate surface area is 420 Å². The molecule has 0 saturated carbocycles. The van der Waals surface area contributed by atoms with Crippen molar-refractivity contribution in [2.45, 2.75) is 41.5 Å². The number of anilines is 2. The van der Waals surface area contributed by atoms with E-state index in [9.17, 15) is 0 Å². The number of aromatic nitrogens is 8. The molecule has 18 heteroatoms. The molecule has 4 aromatic heterocycles. The Bertz CT molecular complexity index is 3030. The van der Waals surface area contributed by atoms with Crippen LogP contribution in [0, 0.1) is 27.7 Å². The number of hydrogen-bond acceptors (Lipinski definition) is 18. The topological polar surface area (TPSA) is 229 Å². The van der Waals surface area contributed by atoms with E-state index in [0.717, 1.165) is 78.9 Å². The van der Waals surface area contributed by atoms with Crippen molar-refractivity contribution in [2.75, 3.05) is 67.3 Å². The van der Waals surface area contributed by atoms with E-state index in [4.69, 9.17) is 49.4 Å². The molecule has 0 atom stereocenters. The van der Waals surface area contributed by atoms with Gasteiger partial charge in [0.15, 0.2) is 11.6 Å². The normalized spacial score (nSPS) is 10.2. The minimum absolute atomic E-state index is 0.279. The van der Waals surface area contributed by atoms with Crippen LogP contribution in [0.25, 0.3) is 45.0 Å². The van der Waals surface area contributed by atoms with Crippen LogP contribution in [0.1, 0.15) is 36.1 Å². The van der Waals surface area contributed by atoms with Gasteiger partial charge in [0.1, 0.15) is 23.0 Å². The monoisotopic (exact) mass is 978 g/mol. The lowest BCUT2D eigenvalue weighted by Crippen LogP contribution is -2.03. The van der Waals surface area contributed by atoms with E-state index < -0.39 is 0 Å². The van der Waals surface area contributed by atoms with Gasteiger partial charge in [0, 0.05) is 22.3 Å². The van der Waals surface area contributed by atoms with Crippen LogP contribution in [0.5, 0.6) is 46.5 Å². The van der Waals surface area contributed by atoms with Crippen molar-refractivity contribution in [1.82, 2.24) is 39.9 Å². The van der Waals surface area contributed by atoms with Crippen LogP contribution in [0.2, 0.25) is 0 Å². The van der Waals surface area contributed by atoms with Gasteiger partial charge >= 0.3 is 0 Å². The van der Waals surface area contributed by atoms with E-state index >= 15 is 0 Å². The molecule has 4 heterocycles. The number of ether oxygens (including phenoxy) is 8. The molecule has 0 aliphatic carbocycles. The molecule has 0 saturated heterocycles. The minimum atomic E-state index is 0.279. The molecule has 0 aliphatic heterocycles. The van der Waals surface area contributed by atoms with Crippen LogP contribution < -0.4 is 49.4 Å². The highest BCUT2D eigenvalue weighted by molar-refractivity contribution is 5.68. The maximum atomic E-state index is 5.72. The predicted molar refractivity (Wildman–Crippen MR) is 279 cm³/mol. The van der Waals surface area contributed by atoms with Crippen LogP contribution in [0.15, 0.2) is 110 Å². The summed E-state index contributed by atoms with van der Waals surface area (Å²) in [5.41, 5.74) is 22.7. The fraction of sp³-hybridized carbons (Fsp3) is 0.259. The minimum Gasteiger partial charge on any atom is -0.497 e. The van der Waals surface area contributed by atoms with Gasteiger partial charge in [0.05, 0.1) is 116 Å². The van der Waals surface area contributed by atoms with Crippen molar-refractivity contribution in [2.24, 2.45) is 0 Å². The fourth-order valence-corrected chi connectivity index (χ4v) is 6.70. The predicted octanol–water partition coefficient (Wildman–Crippen LogP) is 9.82. The van der Waals surface area contributed by atoms with Crippen molar-refractivity contribution >= 4 is 11.6 Å². The van der Waals surface area contributed by atoms with Crippen molar-refractivity contribution in [3.05, 3.63) is 132 Å². The molecule has 376 valence electrons. The summed E-state index contributed by atoms with van der Waals surface area (Å²) < 4.78 is 41.7. The van der Waals surface area contributed by atoms with Gasteiger partial charge in [-0.15, -0.1) is 0 Å². The highest BCUT2D eigenvalue weighted by Gasteiger charge is 2.13. The second-order valence-corrected chi connectivity index (χ2v) is 15.4. The van der Waals surface area contributed by atoms with Gasteiger partial charge in [-0.05, 0) is 112 Å². The van der Waals surface area contributed by atoms with E-state index in [2.05, 4.69) is 39.9 Å². The SMILES string of the molecule is CCOc1cncc(-c2cc(OC)ccc2C)n1.CCOc1nc(-c2cc(OC)ccc2C)cnc1N.COc1ccc(C)c(-c2cnc(N)c(OC)n2)c1.COc1ccc(C)c(-c2cncc(OC)n2)c1. The first-order valence-corrected chi connectivity index (χ1v) is 22.6. The Morgan fingerprint density at radius 3 is 1.08 bits per heavy atom. The second-order valence-electron chi connectivity index (χ2n) is 15.4. The summed E-state index contributed by atoms with van der Waals surface area (Å²) in [4.78, 5) is 34.0. The molecule has 0 unspecified atom stereocenters. The highest BCUT2D eigenvalue weighted by Crippen LogP contribution is 2.31. The Kier molecular flexibility index (Phi) is 20.2. The zero-order chi connectivity index (χ0) is 52.2. The number of rotatable bonds is 14. The van der Waals surface area contributed by atoms with E-state index in [1.165, 1.54) is 7.11 Å². The van der Waals surface area contributed by atoms with Crippen LogP contribution >= 0.6 is 0 Å². The Morgan fingerprint density at radius 2 is 0.722 bits per heavy atom. The van der Waals surface area contributed by atoms with Crippen molar-refractivity contribution in [3.8, 4) is 91.5 Å². The zero-order valence-corrected chi connectivity index (χ0v) is 42.8. The molecule has 0 radical (unpaired) electrons. The van der Waals surface area contributed by atoms with Gasteiger partial charge in [-0.25, -0.2) is 29.9 Å². The molecular formula is C54H62N10O8. The van der Waals surface area contributed by atoms with Gasteiger partial charge in [0.25, 0.3) is 11.8 Å². The number of hydrogen-bond donors (Lipinski definition) is 2. The Morgan fingerprint density at radius 1 is 0.375 bits per heavy atom. The lowest BCUT2D eigenvalue weighted by Gasteiger charge is -2.10. The van der Waals surface area contributed by atoms with Crippen molar-refractivity contribution in [3.63, 3.8) is 0 Å². The van der Waals surface area contributed by atoms with Crippen molar-refractivity contribution < 1.29 is 37.9 Å². The Balaban J connectivity index is 0.000000178. The first kappa shape index (κ1) is 54.1. The van der Waals surface area contributed by atoms with E-state index in [-0.39, 0.29) is 5.82 Å². The molecule has 0 spiro atoms. The smallest absolute Gasteiger partial charge is 0.257 e. The van der Waals surface area contributed by atoms with Gasteiger partial charge in [-0.3, -0.25) is 9.97 Å². The third kappa shape index (κ3) is 14.6. The van der Waals surface area contributed by atoms with E-state index in [1.807, 2.05) is 114 Å². The number of aryl methyl sites for hydroxylation is 4.